The zero-order valence-electron chi connectivity index (χ0n) is 12.5. The van der Waals surface area contributed by atoms with Crippen LogP contribution in [0.3, 0.4) is 0 Å². The smallest absolute Gasteiger partial charge is 0.461 e. The van der Waals surface area contributed by atoms with Crippen LogP contribution in [-0.2, 0) is 19.0 Å². The highest BCUT2D eigenvalue weighted by Gasteiger charge is 2.26. The molecule has 0 radical (unpaired) electrons. The van der Waals surface area contributed by atoms with Crippen molar-refractivity contribution in [2.24, 2.45) is 0 Å². The van der Waals surface area contributed by atoms with E-state index in [0.29, 0.717) is 10.9 Å². The third-order valence-corrected chi connectivity index (χ3v) is 3.80. The van der Waals surface area contributed by atoms with Crippen LogP contribution in [0.4, 0.5) is 4.79 Å². The molecule has 0 aliphatic carbocycles. The van der Waals surface area contributed by atoms with E-state index in [-0.39, 0.29) is 19.0 Å². The van der Waals surface area contributed by atoms with Gasteiger partial charge in [-0.25, -0.2) is 14.8 Å². The largest absolute Gasteiger partial charge is 0.508 e. The normalized spacial score (nSPS) is 16.3. The van der Waals surface area contributed by atoms with Gasteiger partial charge in [-0.2, -0.15) is 0 Å². The first-order valence-corrected chi connectivity index (χ1v) is 8.05. The number of carbonyl (C=O) groups excluding carboxylic acids is 2. The average Bonchev–Trinajstić information content (AvgIpc) is 3.04. The first-order chi connectivity index (χ1) is 11.7. The lowest BCUT2D eigenvalue weighted by Crippen LogP contribution is -2.21. The van der Waals surface area contributed by atoms with Crippen molar-refractivity contribution in [2.45, 2.75) is 11.3 Å². The minimum Gasteiger partial charge on any atom is -0.461 e. The van der Waals surface area contributed by atoms with Crippen molar-refractivity contribution >= 4 is 23.9 Å². The summed E-state index contributed by atoms with van der Waals surface area (Å²) >= 11 is 1.16. The molecule has 0 N–H and O–H groups in total. The van der Waals surface area contributed by atoms with E-state index in [1.54, 1.807) is 18.5 Å². The fraction of sp³-hybridized carbons (Fsp3) is 0.267. The number of cyclic esters (lactones) is 2. The Labute approximate surface area is 141 Å². The van der Waals surface area contributed by atoms with Gasteiger partial charge in [0.2, 0.25) is 0 Å². The lowest BCUT2D eigenvalue weighted by atomic mass is 10.3. The minimum absolute atomic E-state index is 0.0278. The lowest BCUT2D eigenvalue weighted by Gasteiger charge is -2.07. The summed E-state index contributed by atoms with van der Waals surface area (Å²) in [5.74, 6) is -0.400. The summed E-state index contributed by atoms with van der Waals surface area (Å²) in [6.45, 7) is 0.0639. The molecule has 0 amide bonds. The second kappa shape index (κ2) is 7.73. The van der Waals surface area contributed by atoms with Crippen molar-refractivity contribution < 1.29 is 23.8 Å². The number of hydrogen-bond donors (Lipinski definition) is 0. The van der Waals surface area contributed by atoms with Crippen LogP contribution in [0.2, 0.25) is 0 Å². The molecule has 3 heterocycles. The van der Waals surface area contributed by atoms with E-state index >= 15 is 0 Å². The number of pyridine rings is 1. The van der Waals surface area contributed by atoms with E-state index in [2.05, 4.69) is 19.7 Å². The molecule has 3 rings (SSSR count). The van der Waals surface area contributed by atoms with Crippen LogP contribution in [0.5, 0.6) is 0 Å². The van der Waals surface area contributed by atoms with Crippen molar-refractivity contribution in [3.8, 4) is 11.4 Å². The van der Waals surface area contributed by atoms with Gasteiger partial charge < -0.3 is 14.2 Å². The molecule has 0 saturated carbocycles. The first kappa shape index (κ1) is 16.2. The second-order valence-corrected chi connectivity index (χ2v) is 5.65. The summed E-state index contributed by atoms with van der Waals surface area (Å²) < 4.78 is 14.4. The van der Waals surface area contributed by atoms with Crippen molar-refractivity contribution in [1.82, 2.24) is 15.0 Å². The Kier molecular flexibility index (Phi) is 5.22. The van der Waals surface area contributed by atoms with E-state index in [1.165, 1.54) is 0 Å². The fourth-order valence-electron chi connectivity index (χ4n) is 1.87. The molecule has 1 atom stereocenters. The SMILES string of the molecule is O=C(CSc1nccc(-c2ccccn2)n1)OCC1COC(=O)O1. The zero-order valence-corrected chi connectivity index (χ0v) is 13.3. The van der Waals surface area contributed by atoms with Crippen LogP contribution in [0.15, 0.2) is 41.8 Å². The van der Waals surface area contributed by atoms with Gasteiger partial charge in [0.25, 0.3) is 0 Å². The van der Waals surface area contributed by atoms with Crippen LogP contribution in [-0.4, -0.2) is 52.1 Å². The molecule has 1 aliphatic rings. The van der Waals surface area contributed by atoms with Crippen molar-refractivity contribution in [1.29, 1.82) is 0 Å². The average molecular weight is 347 g/mol. The Bertz CT molecular complexity index is 728. The maximum Gasteiger partial charge on any atom is 0.508 e. The summed E-state index contributed by atoms with van der Waals surface area (Å²) in [6, 6.07) is 7.28. The van der Waals surface area contributed by atoms with Gasteiger partial charge in [-0.15, -0.1) is 0 Å². The monoisotopic (exact) mass is 347 g/mol. The molecule has 1 fully saturated rings. The Morgan fingerprint density at radius 1 is 1.25 bits per heavy atom. The molecule has 9 heteroatoms. The molecule has 124 valence electrons. The Balaban J connectivity index is 1.49. The molecular formula is C15H13N3O5S. The van der Waals surface area contributed by atoms with Gasteiger partial charge in [-0.05, 0) is 18.2 Å². The molecule has 0 bridgehead atoms. The lowest BCUT2D eigenvalue weighted by molar-refractivity contribution is -0.142. The maximum atomic E-state index is 11.7. The summed E-state index contributed by atoms with van der Waals surface area (Å²) in [5, 5.41) is 0.450. The van der Waals surface area contributed by atoms with E-state index in [4.69, 9.17) is 9.47 Å². The fourth-order valence-corrected chi connectivity index (χ4v) is 2.49. The number of esters is 1. The number of rotatable bonds is 6. The van der Waals surface area contributed by atoms with Gasteiger partial charge >= 0.3 is 12.1 Å². The summed E-state index contributed by atoms with van der Waals surface area (Å²) in [4.78, 5) is 35.2. The standard InChI is InChI=1S/C15H13N3O5S/c19-13(21-7-10-8-22-15(20)23-10)9-24-14-17-6-4-12(18-14)11-3-1-2-5-16-11/h1-6,10H,7-9H2. The van der Waals surface area contributed by atoms with Gasteiger partial charge in [-0.3, -0.25) is 9.78 Å². The maximum absolute atomic E-state index is 11.7. The highest BCUT2D eigenvalue weighted by Crippen LogP contribution is 2.18. The second-order valence-electron chi connectivity index (χ2n) is 4.71. The topological polar surface area (TPSA) is 101 Å². The van der Waals surface area contributed by atoms with E-state index in [0.717, 1.165) is 17.5 Å². The third-order valence-electron chi connectivity index (χ3n) is 2.96. The van der Waals surface area contributed by atoms with Crippen LogP contribution in [0.1, 0.15) is 0 Å². The Hall–Kier alpha value is -2.68. The zero-order chi connectivity index (χ0) is 16.8. The van der Waals surface area contributed by atoms with Crippen molar-refractivity contribution in [3.63, 3.8) is 0 Å². The van der Waals surface area contributed by atoms with Gasteiger partial charge in [0.15, 0.2) is 11.3 Å². The Morgan fingerprint density at radius 2 is 2.17 bits per heavy atom. The number of aromatic nitrogens is 3. The van der Waals surface area contributed by atoms with Gasteiger partial charge in [0.1, 0.15) is 13.2 Å². The molecule has 0 aromatic carbocycles. The highest BCUT2D eigenvalue weighted by atomic mass is 32.2. The number of ether oxygens (including phenoxy) is 3. The van der Waals surface area contributed by atoms with E-state index in [9.17, 15) is 9.59 Å². The molecule has 1 unspecified atom stereocenters. The Morgan fingerprint density at radius 3 is 2.92 bits per heavy atom. The number of hydrogen-bond acceptors (Lipinski definition) is 9. The third kappa shape index (κ3) is 4.42. The summed E-state index contributed by atoms with van der Waals surface area (Å²) in [6.07, 6.45) is 2.00. The summed E-state index contributed by atoms with van der Waals surface area (Å²) in [5.41, 5.74) is 1.41. The molecule has 24 heavy (non-hydrogen) atoms. The van der Waals surface area contributed by atoms with E-state index < -0.39 is 18.2 Å². The molecule has 8 nitrogen and oxygen atoms in total. The van der Waals surface area contributed by atoms with Crippen molar-refractivity contribution in [2.75, 3.05) is 19.0 Å². The number of nitrogens with zero attached hydrogens (tertiary/aromatic N) is 3. The van der Waals surface area contributed by atoms with Crippen LogP contribution in [0, 0.1) is 0 Å². The van der Waals surface area contributed by atoms with Crippen LogP contribution >= 0.6 is 11.8 Å². The van der Waals surface area contributed by atoms with Crippen LogP contribution in [0.25, 0.3) is 11.4 Å². The molecule has 1 saturated heterocycles. The molecule has 2 aromatic heterocycles. The quantitative estimate of drug-likeness (QED) is 0.439. The van der Waals surface area contributed by atoms with Crippen molar-refractivity contribution in [3.05, 3.63) is 36.7 Å². The van der Waals surface area contributed by atoms with Gasteiger partial charge in [-0.1, -0.05) is 17.8 Å². The molecule has 1 aliphatic heterocycles. The number of thioether (sulfide) groups is 1. The first-order valence-electron chi connectivity index (χ1n) is 7.07. The predicted octanol–water partition coefficient (Wildman–Crippen LogP) is 1.71. The highest BCUT2D eigenvalue weighted by molar-refractivity contribution is 7.99. The van der Waals surface area contributed by atoms with Gasteiger partial charge in [0, 0.05) is 12.4 Å². The van der Waals surface area contributed by atoms with Gasteiger partial charge in [0.05, 0.1) is 17.1 Å². The summed E-state index contributed by atoms with van der Waals surface area (Å²) in [7, 11) is 0. The number of carbonyl (C=O) groups is 2. The predicted molar refractivity (Wildman–Crippen MR) is 83.2 cm³/mol. The minimum atomic E-state index is -0.745. The van der Waals surface area contributed by atoms with Crippen LogP contribution < -0.4 is 0 Å². The molecular weight excluding hydrogens is 334 g/mol. The van der Waals surface area contributed by atoms with E-state index in [1.807, 2.05) is 18.2 Å². The molecule has 2 aromatic rings. The molecule has 0 spiro atoms.